The summed E-state index contributed by atoms with van der Waals surface area (Å²) in [6, 6.07) is 0. The second kappa shape index (κ2) is 0.965. The molecule has 0 aromatic heterocycles. The predicted molar refractivity (Wildman–Crippen MR) is 31.4 cm³/mol. The molecule has 0 radical (unpaired) electrons. The third-order valence-electron chi connectivity index (χ3n) is 2.67. The fraction of sp³-hybridized carbons (Fsp3) is 0.333. The van der Waals surface area contributed by atoms with Crippen LogP contribution >= 0.6 is 0 Å². The summed E-state index contributed by atoms with van der Waals surface area (Å²) in [5, 5.41) is 0. The minimum atomic E-state index is -1.80. The van der Waals surface area contributed by atoms with Crippen LogP contribution in [0.4, 0.5) is 0 Å². The summed E-state index contributed by atoms with van der Waals surface area (Å²) >= 11 is -1.80. The molecule has 0 aromatic rings. The molecule has 42 valence electrons. The van der Waals surface area contributed by atoms with E-state index in [0.29, 0.717) is 3.54 Å². The number of hydrogen-bond acceptors (Lipinski definition) is 2. The molecule has 1 unspecified atom stereocenters. The van der Waals surface area contributed by atoms with Crippen LogP contribution in [0.5, 0.6) is 0 Å². The second-order valence-corrected chi connectivity index (χ2v) is 11.4. The van der Waals surface area contributed by atoms with Gasteiger partial charge in [-0.05, 0) is 0 Å². The van der Waals surface area contributed by atoms with Crippen molar-refractivity contribution in [2.24, 2.45) is 0 Å². The summed E-state index contributed by atoms with van der Waals surface area (Å²) in [7, 11) is 0. The van der Waals surface area contributed by atoms with Crippen LogP contribution in [-0.4, -0.2) is 30.8 Å². The Bertz CT molecular complexity index is 291. The van der Waals surface area contributed by atoms with E-state index >= 15 is 0 Å². The topological polar surface area (TPSA) is 34.1 Å². The summed E-state index contributed by atoms with van der Waals surface area (Å²) < 4.78 is 1.18. The van der Waals surface area contributed by atoms with Crippen molar-refractivity contribution in [1.82, 2.24) is 0 Å². The first-order valence-electron chi connectivity index (χ1n) is 3.09. The van der Waals surface area contributed by atoms with E-state index in [0.717, 1.165) is 9.75 Å². The molecule has 3 heteroatoms. The van der Waals surface area contributed by atoms with E-state index in [-0.39, 0.29) is 8.95 Å². The van der Waals surface area contributed by atoms with Crippen LogP contribution in [0, 0.1) is 0 Å². The first-order chi connectivity index (χ1) is 4.29. The molecule has 1 aliphatic carbocycles. The second-order valence-electron chi connectivity index (χ2n) is 2.91. The van der Waals surface area contributed by atoms with Crippen LogP contribution in [0.2, 0.25) is 7.35 Å². The molecular formula is C6H3InO2. The Labute approximate surface area is 59.5 Å². The predicted octanol–water partition coefficient (Wildman–Crippen LogP) is -0.134. The van der Waals surface area contributed by atoms with E-state index in [1.807, 2.05) is 6.08 Å². The fourth-order valence-electron chi connectivity index (χ4n) is 2.02. The zero-order chi connectivity index (χ0) is 6.22. The van der Waals surface area contributed by atoms with Gasteiger partial charge < -0.3 is 0 Å². The zero-order valence-electron chi connectivity index (χ0n) is 4.68. The first kappa shape index (κ1) is 4.72. The molecule has 1 saturated heterocycles. The molecule has 1 atom stereocenters. The van der Waals surface area contributed by atoms with Gasteiger partial charge in [0.2, 0.25) is 0 Å². The SMILES string of the molecule is O=C1C2=C[CH2][In]3[C](=O)[C]123. The summed E-state index contributed by atoms with van der Waals surface area (Å²) in [5.41, 5.74) is 0.910. The molecule has 0 bridgehead atoms. The maximum absolute atomic E-state index is 10.9. The molecule has 0 aromatic carbocycles. The van der Waals surface area contributed by atoms with Gasteiger partial charge in [0, 0.05) is 0 Å². The molecule has 9 heavy (non-hydrogen) atoms. The van der Waals surface area contributed by atoms with E-state index in [2.05, 4.69) is 0 Å². The minimum absolute atomic E-state index is 0.208. The van der Waals surface area contributed by atoms with Crippen LogP contribution in [0.25, 0.3) is 0 Å². The van der Waals surface area contributed by atoms with Crippen LogP contribution in [-0.2, 0) is 9.59 Å². The number of allylic oxidation sites excluding steroid dienone is 2. The summed E-state index contributed by atoms with van der Waals surface area (Å²) in [4.78, 5) is 21.7. The average molecular weight is 222 g/mol. The van der Waals surface area contributed by atoms with Crippen molar-refractivity contribution >= 4 is 30.8 Å². The van der Waals surface area contributed by atoms with Gasteiger partial charge in [-0.25, -0.2) is 0 Å². The standard InChI is InChI=1S/C6H3O2.In/c1-2-4-5(3-7)6(4)8;/h2H,1H2;. The summed E-state index contributed by atoms with van der Waals surface area (Å²) in [5.74, 6) is 0.208. The molecular weight excluding hydrogens is 219 g/mol. The first-order valence-corrected chi connectivity index (χ1v) is 8.72. The maximum atomic E-state index is 10.9. The van der Waals surface area contributed by atoms with Crippen molar-refractivity contribution in [2.75, 3.05) is 0 Å². The average Bonchev–Trinajstić information content (AvgIpc) is 2.60. The Balaban J connectivity index is 2.34. The van der Waals surface area contributed by atoms with Gasteiger partial charge in [0.25, 0.3) is 0 Å². The van der Waals surface area contributed by atoms with Crippen LogP contribution in [0.1, 0.15) is 0 Å². The van der Waals surface area contributed by atoms with Crippen molar-refractivity contribution in [3.8, 4) is 0 Å². The molecule has 1 saturated carbocycles. The Morgan fingerprint density at radius 2 is 2.33 bits per heavy atom. The number of Topliss-reactive ketones (excluding diaryl/α,β-unsaturated/α-hetero) is 1. The summed E-state index contributed by atoms with van der Waals surface area (Å²) in [6.07, 6.45) is 2.00. The summed E-state index contributed by atoms with van der Waals surface area (Å²) in [6.45, 7) is 0. The van der Waals surface area contributed by atoms with Crippen molar-refractivity contribution in [3.63, 3.8) is 0 Å². The number of carbonyl (C=O) groups is 2. The fourth-order valence-corrected chi connectivity index (χ4v) is 13.1. The van der Waals surface area contributed by atoms with Gasteiger partial charge in [-0.2, -0.15) is 0 Å². The third-order valence-corrected chi connectivity index (χ3v) is 12.3. The van der Waals surface area contributed by atoms with Gasteiger partial charge in [0.05, 0.1) is 0 Å². The Hall–Kier alpha value is -0.0499. The normalized spacial score (nSPS) is 42.2. The van der Waals surface area contributed by atoms with Gasteiger partial charge in [-0.3, -0.25) is 0 Å². The van der Waals surface area contributed by atoms with Crippen molar-refractivity contribution in [3.05, 3.63) is 11.6 Å². The molecule has 1 spiro atoms. The van der Waals surface area contributed by atoms with E-state index in [1.165, 1.54) is 0 Å². The van der Waals surface area contributed by atoms with Gasteiger partial charge in [0.15, 0.2) is 0 Å². The van der Waals surface area contributed by atoms with E-state index in [1.54, 1.807) is 0 Å². The molecule has 3 aliphatic rings. The molecule has 0 N–H and O–H groups in total. The van der Waals surface area contributed by atoms with Gasteiger partial charge in [0.1, 0.15) is 0 Å². The van der Waals surface area contributed by atoms with Gasteiger partial charge in [-0.1, -0.05) is 0 Å². The number of carbonyl (C=O) groups excluding carboxylic acids is 2. The Morgan fingerprint density at radius 1 is 1.56 bits per heavy atom. The number of hydrogen-bond donors (Lipinski definition) is 0. The Morgan fingerprint density at radius 3 is 2.67 bits per heavy atom. The zero-order valence-corrected chi connectivity index (χ0v) is 7.97. The van der Waals surface area contributed by atoms with Gasteiger partial charge >= 0.3 is 59.3 Å². The third kappa shape index (κ3) is 0.259. The van der Waals surface area contributed by atoms with Crippen LogP contribution in [0.3, 0.4) is 0 Å². The molecule has 0 amide bonds. The molecule has 2 nitrogen and oxygen atoms in total. The van der Waals surface area contributed by atoms with E-state index in [4.69, 9.17) is 0 Å². The quantitative estimate of drug-likeness (QED) is 0.534. The number of rotatable bonds is 0. The molecule has 2 aliphatic heterocycles. The van der Waals surface area contributed by atoms with E-state index in [9.17, 15) is 9.59 Å². The van der Waals surface area contributed by atoms with Crippen LogP contribution < -0.4 is 0 Å². The monoisotopic (exact) mass is 222 g/mol. The van der Waals surface area contributed by atoms with E-state index < -0.39 is 21.4 Å². The molecule has 2 heterocycles. The molecule has 3 rings (SSSR count). The van der Waals surface area contributed by atoms with Crippen molar-refractivity contribution < 1.29 is 9.59 Å². The van der Waals surface area contributed by atoms with Crippen LogP contribution in [0.15, 0.2) is 11.6 Å². The molecule has 2 fully saturated rings. The van der Waals surface area contributed by atoms with Crippen molar-refractivity contribution in [1.29, 1.82) is 0 Å². The van der Waals surface area contributed by atoms with Gasteiger partial charge in [-0.15, -0.1) is 0 Å². The van der Waals surface area contributed by atoms with Crippen molar-refractivity contribution in [2.45, 2.75) is 7.35 Å². The number of ketones is 1. The Kier molecular flexibility index (Phi) is 0.506.